The second-order valence-corrected chi connectivity index (χ2v) is 5.69. The SMILES string of the molecule is O=C(NCCCN1CCNCC1)c1cncn1-c1ccccc1. The standard InChI is InChI=1S/C17H23N5O/c23-17(20-7-4-10-21-11-8-18-9-12-21)16-13-19-14-22(16)15-5-2-1-3-6-15/h1-3,5-6,13-14,18H,4,7-12H2,(H,20,23). The first-order chi connectivity index (χ1) is 11.3. The lowest BCUT2D eigenvalue weighted by atomic mass is 10.3. The van der Waals surface area contributed by atoms with E-state index in [4.69, 9.17) is 0 Å². The molecule has 6 nitrogen and oxygen atoms in total. The number of amides is 1. The third kappa shape index (κ3) is 4.18. The minimum absolute atomic E-state index is 0.0772. The zero-order valence-electron chi connectivity index (χ0n) is 13.2. The Hall–Kier alpha value is -2.18. The lowest BCUT2D eigenvalue weighted by Crippen LogP contribution is -2.44. The van der Waals surface area contributed by atoms with Crippen LogP contribution in [0.2, 0.25) is 0 Å². The van der Waals surface area contributed by atoms with Crippen LogP contribution in [0.1, 0.15) is 16.9 Å². The van der Waals surface area contributed by atoms with Crippen LogP contribution in [0.4, 0.5) is 0 Å². The molecule has 0 aliphatic carbocycles. The minimum Gasteiger partial charge on any atom is -0.351 e. The highest BCUT2D eigenvalue weighted by molar-refractivity contribution is 5.92. The highest BCUT2D eigenvalue weighted by atomic mass is 16.1. The highest BCUT2D eigenvalue weighted by Gasteiger charge is 2.13. The first-order valence-electron chi connectivity index (χ1n) is 8.13. The molecule has 122 valence electrons. The van der Waals surface area contributed by atoms with Crippen LogP contribution in [0.5, 0.6) is 0 Å². The summed E-state index contributed by atoms with van der Waals surface area (Å²) < 4.78 is 1.81. The molecule has 2 heterocycles. The number of benzene rings is 1. The largest absolute Gasteiger partial charge is 0.351 e. The number of nitrogens with zero attached hydrogens (tertiary/aromatic N) is 3. The van der Waals surface area contributed by atoms with Gasteiger partial charge in [0.2, 0.25) is 0 Å². The number of para-hydroxylation sites is 1. The van der Waals surface area contributed by atoms with E-state index in [9.17, 15) is 4.79 Å². The van der Waals surface area contributed by atoms with Crippen molar-refractivity contribution in [2.75, 3.05) is 39.3 Å². The molecule has 1 aromatic carbocycles. The summed E-state index contributed by atoms with van der Waals surface area (Å²) in [5.74, 6) is -0.0772. The lowest BCUT2D eigenvalue weighted by molar-refractivity contribution is 0.0944. The van der Waals surface area contributed by atoms with E-state index in [2.05, 4.69) is 20.5 Å². The number of aromatic nitrogens is 2. The zero-order chi connectivity index (χ0) is 15.9. The minimum atomic E-state index is -0.0772. The van der Waals surface area contributed by atoms with Crippen molar-refractivity contribution in [3.8, 4) is 5.69 Å². The van der Waals surface area contributed by atoms with Crippen LogP contribution >= 0.6 is 0 Å². The number of piperazine rings is 1. The van der Waals surface area contributed by atoms with Gasteiger partial charge < -0.3 is 15.5 Å². The van der Waals surface area contributed by atoms with E-state index in [1.165, 1.54) is 0 Å². The van der Waals surface area contributed by atoms with E-state index in [0.717, 1.165) is 44.8 Å². The second-order valence-electron chi connectivity index (χ2n) is 5.69. The number of carbonyl (C=O) groups excluding carboxylic acids is 1. The average Bonchev–Trinajstić information content (AvgIpc) is 3.10. The molecule has 2 N–H and O–H groups in total. The van der Waals surface area contributed by atoms with Crippen molar-refractivity contribution in [3.63, 3.8) is 0 Å². The van der Waals surface area contributed by atoms with Gasteiger partial charge in [-0.25, -0.2) is 4.98 Å². The molecule has 1 aromatic heterocycles. The third-order valence-electron chi connectivity index (χ3n) is 4.05. The maximum absolute atomic E-state index is 12.4. The summed E-state index contributed by atoms with van der Waals surface area (Å²) >= 11 is 0. The Morgan fingerprint density at radius 1 is 1.22 bits per heavy atom. The first-order valence-corrected chi connectivity index (χ1v) is 8.13. The second kappa shape index (κ2) is 7.89. The Morgan fingerprint density at radius 3 is 2.78 bits per heavy atom. The van der Waals surface area contributed by atoms with Crippen molar-refractivity contribution in [2.45, 2.75) is 6.42 Å². The van der Waals surface area contributed by atoms with Crippen LogP contribution in [-0.2, 0) is 0 Å². The molecule has 1 saturated heterocycles. The van der Waals surface area contributed by atoms with Crippen molar-refractivity contribution < 1.29 is 4.79 Å². The van der Waals surface area contributed by atoms with Gasteiger partial charge >= 0.3 is 0 Å². The number of hydrogen-bond acceptors (Lipinski definition) is 4. The van der Waals surface area contributed by atoms with Crippen LogP contribution in [0.25, 0.3) is 5.69 Å². The summed E-state index contributed by atoms with van der Waals surface area (Å²) in [6, 6.07) is 9.77. The fourth-order valence-corrected chi connectivity index (χ4v) is 2.79. The summed E-state index contributed by atoms with van der Waals surface area (Å²) in [5, 5.41) is 6.34. The summed E-state index contributed by atoms with van der Waals surface area (Å²) in [6.07, 6.45) is 4.24. The Morgan fingerprint density at radius 2 is 2.00 bits per heavy atom. The van der Waals surface area contributed by atoms with Gasteiger partial charge in [-0.3, -0.25) is 9.36 Å². The van der Waals surface area contributed by atoms with Crippen molar-refractivity contribution in [1.29, 1.82) is 0 Å². The quantitative estimate of drug-likeness (QED) is 0.778. The van der Waals surface area contributed by atoms with Crippen molar-refractivity contribution >= 4 is 5.91 Å². The fraction of sp³-hybridized carbons (Fsp3) is 0.412. The molecule has 23 heavy (non-hydrogen) atoms. The van der Waals surface area contributed by atoms with Gasteiger partial charge in [0.05, 0.1) is 12.5 Å². The van der Waals surface area contributed by atoms with Gasteiger partial charge in [0.15, 0.2) is 0 Å². The molecule has 2 aromatic rings. The molecule has 0 saturated carbocycles. The van der Waals surface area contributed by atoms with Crippen molar-refractivity contribution in [1.82, 2.24) is 25.1 Å². The van der Waals surface area contributed by atoms with E-state index in [1.807, 2.05) is 34.9 Å². The number of imidazole rings is 1. The van der Waals surface area contributed by atoms with Crippen LogP contribution in [-0.4, -0.2) is 59.6 Å². The molecule has 1 amide bonds. The maximum atomic E-state index is 12.4. The van der Waals surface area contributed by atoms with Crippen molar-refractivity contribution in [3.05, 3.63) is 48.5 Å². The van der Waals surface area contributed by atoms with Crippen LogP contribution in [0.15, 0.2) is 42.9 Å². The van der Waals surface area contributed by atoms with E-state index in [1.54, 1.807) is 12.5 Å². The van der Waals surface area contributed by atoms with Crippen LogP contribution in [0, 0.1) is 0 Å². The topological polar surface area (TPSA) is 62.2 Å². The van der Waals surface area contributed by atoms with Crippen molar-refractivity contribution in [2.24, 2.45) is 0 Å². The Bertz CT molecular complexity index is 619. The van der Waals surface area contributed by atoms with Gasteiger partial charge in [-0.1, -0.05) is 18.2 Å². The fourth-order valence-electron chi connectivity index (χ4n) is 2.79. The van der Waals surface area contributed by atoms with Crippen LogP contribution in [0.3, 0.4) is 0 Å². The lowest BCUT2D eigenvalue weighted by Gasteiger charge is -2.27. The zero-order valence-corrected chi connectivity index (χ0v) is 13.2. The summed E-state index contributed by atoms with van der Waals surface area (Å²) in [4.78, 5) is 18.9. The molecule has 0 unspecified atom stereocenters. The highest BCUT2D eigenvalue weighted by Crippen LogP contribution is 2.10. The van der Waals surface area contributed by atoms with Gasteiger partial charge in [0, 0.05) is 38.4 Å². The third-order valence-corrected chi connectivity index (χ3v) is 4.05. The molecule has 0 radical (unpaired) electrons. The molecule has 0 bridgehead atoms. The molecule has 1 aliphatic heterocycles. The van der Waals surface area contributed by atoms with E-state index >= 15 is 0 Å². The molecule has 0 atom stereocenters. The summed E-state index contributed by atoms with van der Waals surface area (Å²) in [6.45, 7) is 6.01. The number of hydrogen-bond donors (Lipinski definition) is 2. The molecule has 1 aliphatic rings. The molecule has 0 spiro atoms. The monoisotopic (exact) mass is 313 g/mol. The first kappa shape index (κ1) is 15.7. The summed E-state index contributed by atoms with van der Waals surface area (Å²) in [7, 11) is 0. The number of carbonyl (C=O) groups is 1. The normalized spacial score (nSPS) is 15.5. The van der Waals surface area contributed by atoms with Gasteiger partial charge in [-0.15, -0.1) is 0 Å². The van der Waals surface area contributed by atoms with E-state index in [-0.39, 0.29) is 5.91 Å². The van der Waals surface area contributed by atoms with E-state index < -0.39 is 0 Å². The van der Waals surface area contributed by atoms with E-state index in [0.29, 0.717) is 12.2 Å². The van der Waals surface area contributed by atoms with Gasteiger partial charge in [-0.2, -0.15) is 0 Å². The molecule has 6 heteroatoms. The Kier molecular flexibility index (Phi) is 5.39. The van der Waals surface area contributed by atoms with Crippen LogP contribution < -0.4 is 10.6 Å². The molecule has 1 fully saturated rings. The van der Waals surface area contributed by atoms with Gasteiger partial charge in [0.25, 0.3) is 5.91 Å². The van der Waals surface area contributed by atoms with Gasteiger partial charge in [-0.05, 0) is 25.1 Å². The smallest absolute Gasteiger partial charge is 0.269 e. The predicted molar refractivity (Wildman–Crippen MR) is 89.8 cm³/mol. The van der Waals surface area contributed by atoms with Gasteiger partial charge in [0.1, 0.15) is 5.69 Å². The summed E-state index contributed by atoms with van der Waals surface area (Å²) in [5.41, 5.74) is 1.51. The molecular formula is C17H23N5O. The Balaban J connectivity index is 1.50. The molecule has 3 rings (SSSR count). The predicted octanol–water partition coefficient (Wildman–Crippen LogP) is 0.897. The number of nitrogens with one attached hydrogen (secondary N) is 2. The Labute approximate surface area is 136 Å². The average molecular weight is 313 g/mol. The molecular weight excluding hydrogens is 290 g/mol. The maximum Gasteiger partial charge on any atom is 0.269 e. The number of rotatable bonds is 6.